The van der Waals surface area contributed by atoms with E-state index in [1.165, 1.54) is 0 Å². The van der Waals surface area contributed by atoms with E-state index in [9.17, 15) is 5.11 Å². The Hall–Kier alpha value is -1.22. The van der Waals surface area contributed by atoms with Gasteiger partial charge in [0.05, 0.1) is 19.8 Å². The predicted molar refractivity (Wildman–Crippen MR) is 64.0 cm³/mol. The number of hydrogen-bond donors (Lipinski definition) is 1. The zero-order chi connectivity index (χ0) is 12.2. The first-order valence-corrected chi connectivity index (χ1v) is 5.50. The van der Waals surface area contributed by atoms with Crippen molar-refractivity contribution in [1.82, 2.24) is 0 Å². The van der Waals surface area contributed by atoms with Crippen LogP contribution in [-0.2, 0) is 5.60 Å². The second-order valence-electron chi connectivity index (χ2n) is 4.09. The van der Waals surface area contributed by atoms with Crippen molar-refractivity contribution in [3.05, 3.63) is 23.8 Å². The first-order chi connectivity index (χ1) is 7.55. The highest BCUT2D eigenvalue weighted by atomic mass is 16.5. The van der Waals surface area contributed by atoms with Crippen LogP contribution in [0.25, 0.3) is 0 Å². The second-order valence-corrected chi connectivity index (χ2v) is 4.09. The van der Waals surface area contributed by atoms with Gasteiger partial charge in [-0.2, -0.15) is 0 Å². The maximum absolute atomic E-state index is 10.4. The smallest absolute Gasteiger partial charge is 0.125 e. The SMILES string of the molecule is CCC[C@](C)(O)c1cc(OC)ccc1OC. The number of methoxy groups -OCH3 is 2. The number of rotatable bonds is 5. The van der Waals surface area contributed by atoms with Crippen LogP contribution in [0.5, 0.6) is 11.5 Å². The van der Waals surface area contributed by atoms with Gasteiger partial charge in [0.25, 0.3) is 0 Å². The molecule has 1 atom stereocenters. The van der Waals surface area contributed by atoms with E-state index in [-0.39, 0.29) is 0 Å². The van der Waals surface area contributed by atoms with Gasteiger partial charge in [0, 0.05) is 5.56 Å². The van der Waals surface area contributed by atoms with Gasteiger partial charge >= 0.3 is 0 Å². The Morgan fingerprint density at radius 2 is 1.94 bits per heavy atom. The summed E-state index contributed by atoms with van der Waals surface area (Å²) in [5.74, 6) is 1.42. The summed E-state index contributed by atoms with van der Waals surface area (Å²) >= 11 is 0. The molecule has 3 nitrogen and oxygen atoms in total. The molecule has 0 aliphatic heterocycles. The van der Waals surface area contributed by atoms with Gasteiger partial charge in [-0.3, -0.25) is 0 Å². The van der Waals surface area contributed by atoms with E-state index in [2.05, 4.69) is 0 Å². The average molecular weight is 224 g/mol. The zero-order valence-corrected chi connectivity index (χ0v) is 10.4. The molecule has 0 bridgehead atoms. The van der Waals surface area contributed by atoms with Crippen LogP contribution < -0.4 is 9.47 Å². The van der Waals surface area contributed by atoms with Gasteiger partial charge in [-0.1, -0.05) is 13.3 Å². The van der Waals surface area contributed by atoms with Crippen molar-refractivity contribution >= 4 is 0 Å². The van der Waals surface area contributed by atoms with Crippen molar-refractivity contribution in [1.29, 1.82) is 0 Å². The third-order valence-corrected chi connectivity index (χ3v) is 2.72. The predicted octanol–water partition coefficient (Wildman–Crippen LogP) is 2.71. The minimum atomic E-state index is -0.880. The van der Waals surface area contributed by atoms with Crippen molar-refractivity contribution in [2.24, 2.45) is 0 Å². The molecule has 0 fully saturated rings. The molecule has 0 aromatic heterocycles. The van der Waals surface area contributed by atoms with E-state index in [4.69, 9.17) is 9.47 Å². The molecular weight excluding hydrogens is 204 g/mol. The molecule has 16 heavy (non-hydrogen) atoms. The molecule has 0 saturated carbocycles. The fourth-order valence-electron chi connectivity index (χ4n) is 1.86. The van der Waals surface area contributed by atoms with Crippen LogP contribution in [0.3, 0.4) is 0 Å². The lowest BCUT2D eigenvalue weighted by atomic mass is 9.90. The van der Waals surface area contributed by atoms with Crippen LogP contribution in [-0.4, -0.2) is 19.3 Å². The molecule has 1 N–H and O–H groups in total. The van der Waals surface area contributed by atoms with E-state index >= 15 is 0 Å². The van der Waals surface area contributed by atoms with Gasteiger partial charge in [-0.05, 0) is 31.5 Å². The molecule has 0 aliphatic rings. The molecule has 0 unspecified atom stereocenters. The summed E-state index contributed by atoms with van der Waals surface area (Å²) in [6.07, 6.45) is 1.60. The highest BCUT2D eigenvalue weighted by Gasteiger charge is 2.26. The van der Waals surface area contributed by atoms with Crippen LogP contribution >= 0.6 is 0 Å². The van der Waals surface area contributed by atoms with E-state index in [0.29, 0.717) is 12.2 Å². The molecule has 0 amide bonds. The van der Waals surface area contributed by atoms with Crippen molar-refractivity contribution in [3.63, 3.8) is 0 Å². The quantitative estimate of drug-likeness (QED) is 0.835. The first-order valence-electron chi connectivity index (χ1n) is 5.50. The summed E-state index contributed by atoms with van der Waals surface area (Å²) in [6, 6.07) is 5.47. The molecule has 0 aliphatic carbocycles. The van der Waals surface area contributed by atoms with E-state index < -0.39 is 5.60 Å². The molecule has 1 aromatic rings. The van der Waals surface area contributed by atoms with E-state index in [1.54, 1.807) is 21.1 Å². The van der Waals surface area contributed by atoms with Gasteiger partial charge in [-0.15, -0.1) is 0 Å². The van der Waals surface area contributed by atoms with Crippen LogP contribution in [0.4, 0.5) is 0 Å². The van der Waals surface area contributed by atoms with Gasteiger partial charge in [0.2, 0.25) is 0 Å². The Morgan fingerprint density at radius 1 is 1.25 bits per heavy atom. The summed E-state index contributed by atoms with van der Waals surface area (Å²) in [5.41, 5.74) is -0.106. The van der Waals surface area contributed by atoms with Crippen molar-refractivity contribution in [2.75, 3.05) is 14.2 Å². The van der Waals surface area contributed by atoms with Gasteiger partial charge in [0.1, 0.15) is 11.5 Å². The second kappa shape index (κ2) is 5.21. The fourth-order valence-corrected chi connectivity index (χ4v) is 1.86. The third kappa shape index (κ3) is 2.67. The van der Waals surface area contributed by atoms with E-state index in [1.807, 2.05) is 25.1 Å². The summed E-state index contributed by atoms with van der Waals surface area (Å²) < 4.78 is 10.4. The van der Waals surface area contributed by atoms with Gasteiger partial charge in [-0.25, -0.2) is 0 Å². The molecule has 0 saturated heterocycles. The summed E-state index contributed by atoms with van der Waals surface area (Å²) in [4.78, 5) is 0. The molecule has 0 heterocycles. The first kappa shape index (κ1) is 12.8. The van der Waals surface area contributed by atoms with Crippen LogP contribution in [0.1, 0.15) is 32.3 Å². The summed E-state index contributed by atoms with van der Waals surface area (Å²) in [6.45, 7) is 3.84. The molecule has 1 rings (SSSR count). The Kier molecular flexibility index (Phi) is 4.19. The molecule has 0 radical (unpaired) electrons. The molecule has 1 aromatic carbocycles. The zero-order valence-electron chi connectivity index (χ0n) is 10.4. The van der Waals surface area contributed by atoms with Crippen LogP contribution in [0.2, 0.25) is 0 Å². The lowest BCUT2D eigenvalue weighted by Gasteiger charge is -2.25. The summed E-state index contributed by atoms with van der Waals surface area (Å²) in [7, 11) is 3.22. The van der Waals surface area contributed by atoms with Crippen molar-refractivity contribution in [2.45, 2.75) is 32.3 Å². The monoisotopic (exact) mass is 224 g/mol. The van der Waals surface area contributed by atoms with Crippen molar-refractivity contribution < 1.29 is 14.6 Å². The van der Waals surface area contributed by atoms with Gasteiger partial charge in [0.15, 0.2) is 0 Å². The third-order valence-electron chi connectivity index (χ3n) is 2.72. The average Bonchev–Trinajstić information content (AvgIpc) is 2.28. The Labute approximate surface area is 97.0 Å². The van der Waals surface area contributed by atoms with Crippen molar-refractivity contribution in [3.8, 4) is 11.5 Å². The van der Waals surface area contributed by atoms with Gasteiger partial charge < -0.3 is 14.6 Å². The molecular formula is C13H20O3. The highest BCUT2D eigenvalue weighted by molar-refractivity contribution is 5.43. The Morgan fingerprint density at radius 3 is 2.44 bits per heavy atom. The standard InChI is InChI=1S/C13H20O3/c1-5-8-13(2,14)11-9-10(15-3)6-7-12(11)16-4/h6-7,9,14H,5,8H2,1-4H3/t13-/m0/s1. The van der Waals surface area contributed by atoms with Crippen LogP contribution in [0.15, 0.2) is 18.2 Å². The number of aliphatic hydroxyl groups is 1. The highest BCUT2D eigenvalue weighted by Crippen LogP contribution is 2.35. The molecule has 0 spiro atoms. The lowest BCUT2D eigenvalue weighted by Crippen LogP contribution is -2.21. The number of hydrogen-bond acceptors (Lipinski definition) is 3. The number of ether oxygens (including phenoxy) is 2. The number of benzene rings is 1. The largest absolute Gasteiger partial charge is 0.497 e. The summed E-state index contributed by atoms with van der Waals surface area (Å²) in [5, 5.41) is 10.4. The minimum Gasteiger partial charge on any atom is -0.497 e. The Balaban J connectivity index is 3.17. The fraction of sp³-hybridized carbons (Fsp3) is 0.538. The topological polar surface area (TPSA) is 38.7 Å². The lowest BCUT2D eigenvalue weighted by molar-refractivity contribution is 0.0442. The maximum Gasteiger partial charge on any atom is 0.125 e. The van der Waals surface area contributed by atoms with Crippen LogP contribution in [0, 0.1) is 0 Å². The molecule has 90 valence electrons. The Bertz CT molecular complexity index is 345. The minimum absolute atomic E-state index is 0.691. The molecule has 3 heteroatoms. The normalized spacial score (nSPS) is 14.3. The van der Waals surface area contributed by atoms with E-state index in [0.717, 1.165) is 17.7 Å². The maximum atomic E-state index is 10.4.